The highest BCUT2D eigenvalue weighted by atomic mass is 35.5. The maximum atomic E-state index is 13.0. The zero-order valence-electron chi connectivity index (χ0n) is 20.4. The van der Waals surface area contributed by atoms with Crippen molar-refractivity contribution in [1.29, 1.82) is 0 Å². The molecule has 186 valence electrons. The minimum atomic E-state index is -0.264. The number of hydrogen-bond acceptors (Lipinski definition) is 8. The first-order chi connectivity index (χ1) is 16.8. The molecule has 35 heavy (non-hydrogen) atoms. The van der Waals surface area contributed by atoms with Crippen molar-refractivity contribution in [2.75, 3.05) is 36.5 Å². The molecule has 1 N–H and O–H groups in total. The van der Waals surface area contributed by atoms with E-state index >= 15 is 0 Å². The van der Waals surface area contributed by atoms with E-state index in [1.165, 1.54) is 0 Å². The molecule has 0 bridgehead atoms. The molecule has 9 nitrogen and oxygen atoms in total. The molecule has 1 saturated heterocycles. The summed E-state index contributed by atoms with van der Waals surface area (Å²) in [6.45, 7) is 9.54. The van der Waals surface area contributed by atoms with Gasteiger partial charge >= 0.3 is 0 Å². The molecule has 4 rings (SSSR count). The topological polar surface area (TPSA) is 98.6 Å². The zero-order chi connectivity index (χ0) is 25.1. The van der Waals surface area contributed by atoms with Crippen molar-refractivity contribution in [3.05, 3.63) is 45.8 Å². The van der Waals surface area contributed by atoms with Crippen LogP contribution in [0.4, 0.5) is 17.5 Å². The maximum absolute atomic E-state index is 13.0. The molecule has 1 fully saturated rings. The maximum Gasteiger partial charge on any atom is 0.293 e. The molecule has 0 unspecified atom stereocenters. The Kier molecular flexibility index (Phi) is 7.57. The predicted molar refractivity (Wildman–Crippen MR) is 137 cm³/mol. The number of aromatic nitrogens is 3. The summed E-state index contributed by atoms with van der Waals surface area (Å²) in [7, 11) is 0. The Balaban J connectivity index is 1.67. The average molecular weight is 500 g/mol. The molecule has 1 aliphatic rings. The number of benzene rings is 1. The minimum absolute atomic E-state index is 0.0696. The number of morpholine rings is 1. The first-order valence-corrected chi connectivity index (χ1v) is 12.1. The van der Waals surface area contributed by atoms with Gasteiger partial charge in [-0.25, -0.2) is 4.98 Å². The lowest BCUT2D eigenvalue weighted by Gasteiger charge is -2.31. The highest BCUT2D eigenvalue weighted by Gasteiger charge is 2.20. The molecule has 0 radical (unpaired) electrons. The average Bonchev–Trinajstić information content (AvgIpc) is 2.83. The number of nitrogens with zero attached hydrogens (tertiary/aromatic N) is 4. The Morgan fingerprint density at radius 2 is 2.14 bits per heavy atom. The van der Waals surface area contributed by atoms with E-state index in [1.54, 1.807) is 23.8 Å². The molecule has 1 atom stereocenters. The van der Waals surface area contributed by atoms with Crippen LogP contribution >= 0.6 is 11.6 Å². The number of Topliss-reactive ketones (excluding diaryl/α,β-unsaturated/α-hetero) is 1. The normalized spacial score (nSPS) is 16.1. The van der Waals surface area contributed by atoms with Gasteiger partial charge in [0.2, 0.25) is 5.95 Å². The van der Waals surface area contributed by atoms with Gasteiger partial charge in [0.05, 0.1) is 24.4 Å². The number of anilines is 3. The number of rotatable bonds is 8. The number of ketones is 1. The Morgan fingerprint density at radius 1 is 1.34 bits per heavy atom. The lowest BCUT2D eigenvalue weighted by atomic mass is 10.1. The number of pyridine rings is 1. The van der Waals surface area contributed by atoms with Crippen molar-refractivity contribution >= 4 is 45.7 Å². The molecule has 1 aromatic carbocycles. The van der Waals surface area contributed by atoms with E-state index in [0.717, 1.165) is 16.6 Å². The van der Waals surface area contributed by atoms with Crippen LogP contribution in [0.15, 0.2) is 35.3 Å². The molecule has 0 saturated carbocycles. The third kappa shape index (κ3) is 5.57. The number of halogens is 1. The van der Waals surface area contributed by atoms with Crippen LogP contribution in [-0.2, 0) is 9.53 Å². The molecular weight excluding hydrogens is 470 g/mol. The monoisotopic (exact) mass is 499 g/mol. The second-order valence-electron chi connectivity index (χ2n) is 8.85. The van der Waals surface area contributed by atoms with E-state index in [1.807, 2.05) is 39.0 Å². The van der Waals surface area contributed by atoms with Crippen LogP contribution in [-0.4, -0.2) is 52.7 Å². The summed E-state index contributed by atoms with van der Waals surface area (Å²) in [4.78, 5) is 35.9. The highest BCUT2D eigenvalue weighted by molar-refractivity contribution is 6.32. The number of ether oxygens (including phenoxy) is 2. The van der Waals surface area contributed by atoms with Crippen molar-refractivity contribution in [1.82, 2.24) is 14.5 Å². The first-order valence-electron chi connectivity index (χ1n) is 11.8. The van der Waals surface area contributed by atoms with Gasteiger partial charge in [-0.15, -0.1) is 0 Å². The van der Waals surface area contributed by atoms with Crippen LogP contribution in [0.5, 0.6) is 5.75 Å². The molecule has 10 heteroatoms. The van der Waals surface area contributed by atoms with E-state index in [2.05, 4.69) is 20.2 Å². The molecule has 0 aliphatic carbocycles. The van der Waals surface area contributed by atoms with Gasteiger partial charge in [-0.3, -0.25) is 9.59 Å². The van der Waals surface area contributed by atoms with Gasteiger partial charge in [-0.1, -0.05) is 18.5 Å². The van der Waals surface area contributed by atoms with Gasteiger partial charge in [0.1, 0.15) is 11.6 Å². The van der Waals surface area contributed by atoms with Crippen LogP contribution in [0, 0.1) is 0 Å². The van der Waals surface area contributed by atoms with Crippen molar-refractivity contribution in [3.8, 4) is 5.75 Å². The summed E-state index contributed by atoms with van der Waals surface area (Å²) in [5.74, 6) is 1.14. The van der Waals surface area contributed by atoms with Gasteiger partial charge in [-0.05, 0) is 45.0 Å². The van der Waals surface area contributed by atoms with Crippen molar-refractivity contribution in [2.24, 2.45) is 0 Å². The van der Waals surface area contributed by atoms with Crippen LogP contribution < -0.4 is 20.5 Å². The third-order valence-corrected chi connectivity index (χ3v) is 6.10. The zero-order valence-corrected chi connectivity index (χ0v) is 21.1. The number of nitrogens with one attached hydrogen (secondary N) is 1. The Morgan fingerprint density at radius 3 is 2.86 bits per heavy atom. The second kappa shape index (κ2) is 10.6. The largest absolute Gasteiger partial charge is 0.480 e. The number of fused-ring (bicyclic) bond motifs is 1. The Bertz CT molecular complexity index is 1290. The number of hydrogen-bond donors (Lipinski definition) is 1. The number of carbonyl (C=O) groups is 1. The predicted octanol–water partition coefficient (Wildman–Crippen LogP) is 4.35. The standard InChI is InChI=1S/C25H30ClN5O4/c1-5-19(32)14-35-22-11-17-10-18(6-7-21(17)31(15(2)3)24(22)33)28-23-20(26)12-27-25(29-23)30-8-9-34-16(4)13-30/h6-7,10-12,15-16H,5,8-9,13-14H2,1-4H3,(H,27,28,29)/t16-/m0/s1. The lowest BCUT2D eigenvalue weighted by Crippen LogP contribution is -2.42. The summed E-state index contributed by atoms with van der Waals surface area (Å²) in [6, 6.07) is 7.23. The second-order valence-corrected chi connectivity index (χ2v) is 9.26. The van der Waals surface area contributed by atoms with Crippen molar-refractivity contribution in [2.45, 2.75) is 46.3 Å². The quantitative estimate of drug-likeness (QED) is 0.488. The summed E-state index contributed by atoms with van der Waals surface area (Å²) >= 11 is 6.40. The molecular formula is C25H30ClN5O4. The highest BCUT2D eigenvalue weighted by Crippen LogP contribution is 2.29. The van der Waals surface area contributed by atoms with Crippen LogP contribution in [0.3, 0.4) is 0 Å². The van der Waals surface area contributed by atoms with E-state index in [9.17, 15) is 9.59 Å². The minimum Gasteiger partial charge on any atom is -0.480 e. The molecule has 1 aliphatic heterocycles. The molecule has 3 aromatic rings. The Hall–Kier alpha value is -3.17. The summed E-state index contributed by atoms with van der Waals surface area (Å²) in [6.07, 6.45) is 2.04. The van der Waals surface area contributed by atoms with Crippen LogP contribution in [0.25, 0.3) is 10.9 Å². The van der Waals surface area contributed by atoms with Gasteiger partial charge in [0.15, 0.2) is 17.4 Å². The SMILES string of the molecule is CCC(=O)COc1cc2cc(Nc3nc(N4CCO[C@@H](C)C4)ncc3Cl)ccc2n(C(C)C)c1=O. The Labute approximate surface area is 209 Å². The van der Waals surface area contributed by atoms with E-state index in [4.69, 9.17) is 21.1 Å². The van der Waals surface area contributed by atoms with Crippen LogP contribution in [0.2, 0.25) is 5.02 Å². The van der Waals surface area contributed by atoms with E-state index in [0.29, 0.717) is 42.9 Å². The van der Waals surface area contributed by atoms with Crippen LogP contribution in [0.1, 0.15) is 40.2 Å². The summed E-state index contributed by atoms with van der Waals surface area (Å²) < 4.78 is 12.9. The molecule has 3 heterocycles. The van der Waals surface area contributed by atoms with E-state index in [-0.39, 0.29) is 35.8 Å². The molecule has 0 spiro atoms. The molecule has 2 aromatic heterocycles. The first kappa shape index (κ1) is 24.9. The fourth-order valence-electron chi connectivity index (χ4n) is 4.01. The fourth-order valence-corrected chi connectivity index (χ4v) is 4.15. The molecule has 0 amide bonds. The number of carbonyl (C=O) groups excluding carboxylic acids is 1. The third-order valence-electron chi connectivity index (χ3n) is 5.82. The van der Waals surface area contributed by atoms with Gasteiger partial charge < -0.3 is 24.3 Å². The van der Waals surface area contributed by atoms with Crippen molar-refractivity contribution in [3.63, 3.8) is 0 Å². The van der Waals surface area contributed by atoms with E-state index < -0.39 is 0 Å². The van der Waals surface area contributed by atoms with Gasteiger partial charge in [0.25, 0.3) is 5.56 Å². The van der Waals surface area contributed by atoms with Crippen molar-refractivity contribution < 1.29 is 14.3 Å². The summed E-state index contributed by atoms with van der Waals surface area (Å²) in [5.41, 5.74) is 1.24. The smallest absolute Gasteiger partial charge is 0.293 e. The fraction of sp³-hybridized carbons (Fsp3) is 0.440. The van der Waals surface area contributed by atoms with Gasteiger partial charge in [-0.2, -0.15) is 4.98 Å². The lowest BCUT2D eigenvalue weighted by molar-refractivity contribution is -0.120. The summed E-state index contributed by atoms with van der Waals surface area (Å²) in [5, 5.41) is 4.45. The van der Waals surface area contributed by atoms with Gasteiger partial charge in [0, 0.05) is 36.6 Å².